The van der Waals surface area contributed by atoms with Crippen LogP contribution in [0.3, 0.4) is 0 Å². The molecule has 1 aromatic heterocycles. The minimum atomic E-state index is 0.0850. The smallest absolute Gasteiger partial charge is 0.0698 e. The molecule has 0 fully saturated rings. The molecule has 0 aliphatic carbocycles. The zero-order valence-corrected chi connectivity index (χ0v) is 9.07. The molecular formula is C11H18N2O2. The maximum absolute atomic E-state index is 8.48. The topological polar surface area (TPSA) is 54.4 Å². The third-order valence-corrected chi connectivity index (χ3v) is 2.12. The molecule has 0 aliphatic heterocycles. The first-order valence-electron chi connectivity index (χ1n) is 5.13. The van der Waals surface area contributed by atoms with Crippen LogP contribution in [0.15, 0.2) is 18.5 Å². The second kappa shape index (κ2) is 7.34. The van der Waals surface area contributed by atoms with E-state index >= 15 is 0 Å². The van der Waals surface area contributed by atoms with E-state index < -0.39 is 0 Å². The molecule has 2 N–H and O–H groups in total. The number of nitrogens with zero attached hydrogens (tertiary/aromatic N) is 1. The highest BCUT2D eigenvalue weighted by Crippen LogP contribution is 2.03. The Morgan fingerprint density at radius 3 is 3.07 bits per heavy atom. The molecule has 0 aliphatic rings. The largest absolute Gasteiger partial charge is 0.394 e. The fourth-order valence-electron chi connectivity index (χ4n) is 1.22. The minimum Gasteiger partial charge on any atom is -0.394 e. The Kier molecular flexibility index (Phi) is 5.92. The van der Waals surface area contributed by atoms with Gasteiger partial charge in [-0.2, -0.15) is 0 Å². The Morgan fingerprint density at radius 1 is 1.47 bits per heavy atom. The lowest BCUT2D eigenvalue weighted by molar-refractivity contribution is 0.0938. The first-order valence-corrected chi connectivity index (χ1v) is 5.13. The number of aryl methyl sites for hydroxylation is 1. The van der Waals surface area contributed by atoms with Gasteiger partial charge >= 0.3 is 0 Å². The number of ether oxygens (including phenoxy) is 1. The van der Waals surface area contributed by atoms with Gasteiger partial charge in [-0.05, 0) is 24.1 Å². The normalized spacial score (nSPS) is 10.5. The van der Waals surface area contributed by atoms with E-state index in [1.165, 1.54) is 11.1 Å². The Hall–Kier alpha value is -0.970. The summed E-state index contributed by atoms with van der Waals surface area (Å²) < 4.78 is 5.12. The van der Waals surface area contributed by atoms with Crippen LogP contribution in [0.4, 0.5) is 0 Å². The molecule has 4 heteroatoms. The van der Waals surface area contributed by atoms with Crippen LogP contribution >= 0.6 is 0 Å². The Labute approximate surface area is 90.3 Å². The van der Waals surface area contributed by atoms with Crippen LogP contribution in [0, 0.1) is 6.92 Å². The molecule has 84 valence electrons. The van der Waals surface area contributed by atoms with E-state index in [1.54, 1.807) is 6.20 Å². The van der Waals surface area contributed by atoms with Crippen LogP contribution < -0.4 is 5.32 Å². The molecule has 0 atom stereocenters. The predicted octanol–water partition coefficient (Wildman–Crippen LogP) is 0.489. The fourth-order valence-corrected chi connectivity index (χ4v) is 1.22. The number of nitrogens with one attached hydrogen (secondary N) is 1. The molecule has 0 aromatic carbocycles. The van der Waals surface area contributed by atoms with E-state index in [1.807, 2.05) is 12.3 Å². The molecule has 0 unspecified atom stereocenters. The molecule has 0 saturated carbocycles. The van der Waals surface area contributed by atoms with Crippen LogP contribution in [0.5, 0.6) is 0 Å². The molecule has 0 radical (unpaired) electrons. The van der Waals surface area contributed by atoms with Gasteiger partial charge in [0.15, 0.2) is 0 Å². The van der Waals surface area contributed by atoms with Gasteiger partial charge in [-0.25, -0.2) is 0 Å². The molecule has 4 nitrogen and oxygen atoms in total. The molecule has 0 amide bonds. The Bertz CT molecular complexity index is 279. The van der Waals surface area contributed by atoms with E-state index in [2.05, 4.69) is 17.2 Å². The zero-order valence-electron chi connectivity index (χ0n) is 9.07. The highest BCUT2D eigenvalue weighted by atomic mass is 16.5. The molecule has 1 aromatic rings. The summed E-state index contributed by atoms with van der Waals surface area (Å²) in [6.45, 7) is 4.78. The lowest BCUT2D eigenvalue weighted by Crippen LogP contribution is -2.20. The van der Waals surface area contributed by atoms with Crippen LogP contribution in [0.25, 0.3) is 0 Å². The summed E-state index contributed by atoms with van der Waals surface area (Å²) >= 11 is 0. The summed E-state index contributed by atoms with van der Waals surface area (Å²) in [6.07, 6.45) is 3.67. The Balaban J connectivity index is 2.12. The van der Waals surface area contributed by atoms with Crippen molar-refractivity contribution in [2.45, 2.75) is 13.5 Å². The highest BCUT2D eigenvalue weighted by molar-refractivity contribution is 5.20. The van der Waals surface area contributed by atoms with Gasteiger partial charge in [0.25, 0.3) is 0 Å². The summed E-state index contributed by atoms with van der Waals surface area (Å²) in [4.78, 5) is 4.07. The quantitative estimate of drug-likeness (QED) is 0.643. The van der Waals surface area contributed by atoms with E-state index in [0.717, 1.165) is 13.1 Å². The number of hydrogen-bond donors (Lipinski definition) is 2. The van der Waals surface area contributed by atoms with Crippen molar-refractivity contribution in [1.82, 2.24) is 10.3 Å². The molecular weight excluding hydrogens is 192 g/mol. The van der Waals surface area contributed by atoms with Gasteiger partial charge in [-0.3, -0.25) is 4.98 Å². The van der Waals surface area contributed by atoms with Gasteiger partial charge in [0, 0.05) is 25.5 Å². The summed E-state index contributed by atoms with van der Waals surface area (Å²) in [6, 6.07) is 2.00. The van der Waals surface area contributed by atoms with Crippen molar-refractivity contribution in [2.24, 2.45) is 0 Å². The fraction of sp³-hybridized carbons (Fsp3) is 0.545. The predicted molar refractivity (Wildman–Crippen MR) is 58.6 cm³/mol. The van der Waals surface area contributed by atoms with Crippen LogP contribution in [0.1, 0.15) is 11.1 Å². The van der Waals surface area contributed by atoms with Crippen molar-refractivity contribution in [3.8, 4) is 0 Å². The minimum absolute atomic E-state index is 0.0850. The highest BCUT2D eigenvalue weighted by Gasteiger charge is 1.96. The number of rotatable bonds is 7. The standard InChI is InChI=1S/C11H18N2O2/c1-10-2-3-12-8-11(10)9-13-4-6-15-7-5-14/h2-3,8,13-14H,4-7,9H2,1H3. The Morgan fingerprint density at radius 2 is 2.33 bits per heavy atom. The van der Waals surface area contributed by atoms with Crippen molar-refractivity contribution < 1.29 is 9.84 Å². The molecule has 0 spiro atoms. The van der Waals surface area contributed by atoms with Gasteiger partial charge < -0.3 is 15.2 Å². The molecule has 15 heavy (non-hydrogen) atoms. The summed E-state index contributed by atoms with van der Waals surface area (Å²) in [5.41, 5.74) is 2.45. The van der Waals surface area contributed by atoms with E-state index in [9.17, 15) is 0 Å². The molecule has 1 rings (SSSR count). The first-order chi connectivity index (χ1) is 7.34. The van der Waals surface area contributed by atoms with Crippen LogP contribution in [-0.4, -0.2) is 36.5 Å². The van der Waals surface area contributed by atoms with Gasteiger partial charge in [0.1, 0.15) is 0 Å². The number of pyridine rings is 1. The van der Waals surface area contributed by atoms with Crippen molar-refractivity contribution in [1.29, 1.82) is 0 Å². The van der Waals surface area contributed by atoms with Crippen molar-refractivity contribution in [2.75, 3.05) is 26.4 Å². The third-order valence-electron chi connectivity index (χ3n) is 2.12. The van der Waals surface area contributed by atoms with Crippen LogP contribution in [-0.2, 0) is 11.3 Å². The first kappa shape index (κ1) is 12.1. The monoisotopic (exact) mass is 210 g/mol. The summed E-state index contributed by atoms with van der Waals surface area (Å²) in [5, 5.41) is 11.7. The van der Waals surface area contributed by atoms with E-state index in [-0.39, 0.29) is 6.61 Å². The average molecular weight is 210 g/mol. The number of aliphatic hydroxyl groups excluding tert-OH is 1. The number of hydrogen-bond acceptors (Lipinski definition) is 4. The summed E-state index contributed by atoms with van der Waals surface area (Å²) in [7, 11) is 0. The third kappa shape index (κ3) is 4.88. The SMILES string of the molecule is Cc1ccncc1CNCCOCCO. The molecule has 0 saturated heterocycles. The second-order valence-electron chi connectivity index (χ2n) is 3.31. The van der Waals surface area contributed by atoms with Crippen LogP contribution in [0.2, 0.25) is 0 Å². The second-order valence-corrected chi connectivity index (χ2v) is 3.31. The number of aromatic nitrogens is 1. The van der Waals surface area contributed by atoms with Crippen molar-refractivity contribution >= 4 is 0 Å². The zero-order chi connectivity index (χ0) is 10.9. The molecule has 1 heterocycles. The average Bonchev–Trinajstić information content (AvgIpc) is 2.25. The van der Waals surface area contributed by atoms with Crippen molar-refractivity contribution in [3.05, 3.63) is 29.6 Å². The maximum atomic E-state index is 8.48. The van der Waals surface area contributed by atoms with E-state index in [0.29, 0.717) is 13.2 Å². The maximum Gasteiger partial charge on any atom is 0.0698 e. The van der Waals surface area contributed by atoms with Crippen molar-refractivity contribution in [3.63, 3.8) is 0 Å². The summed E-state index contributed by atoms with van der Waals surface area (Å²) in [5.74, 6) is 0. The van der Waals surface area contributed by atoms with Gasteiger partial charge in [0.05, 0.1) is 19.8 Å². The lowest BCUT2D eigenvalue weighted by Gasteiger charge is -2.07. The van der Waals surface area contributed by atoms with Gasteiger partial charge in [-0.1, -0.05) is 0 Å². The lowest BCUT2D eigenvalue weighted by atomic mass is 10.2. The number of aliphatic hydroxyl groups is 1. The van der Waals surface area contributed by atoms with E-state index in [4.69, 9.17) is 9.84 Å². The van der Waals surface area contributed by atoms with Gasteiger partial charge in [-0.15, -0.1) is 0 Å². The molecule has 0 bridgehead atoms. The van der Waals surface area contributed by atoms with Gasteiger partial charge in [0.2, 0.25) is 0 Å².